The summed E-state index contributed by atoms with van der Waals surface area (Å²) in [5.41, 5.74) is 2.01. The second kappa shape index (κ2) is 12.1. The largest absolute Gasteiger partial charge is 0.493 e. The Morgan fingerprint density at radius 1 is 1.03 bits per heavy atom. The van der Waals surface area contributed by atoms with Crippen LogP contribution in [-0.4, -0.2) is 67.6 Å². The lowest BCUT2D eigenvalue weighted by molar-refractivity contribution is -0.123. The van der Waals surface area contributed by atoms with Gasteiger partial charge in [0.15, 0.2) is 0 Å². The highest BCUT2D eigenvalue weighted by Gasteiger charge is 2.19. The van der Waals surface area contributed by atoms with Gasteiger partial charge in [-0.2, -0.15) is 0 Å². The lowest BCUT2D eigenvalue weighted by Gasteiger charge is -2.34. The van der Waals surface area contributed by atoms with E-state index in [4.69, 9.17) is 9.15 Å². The highest BCUT2D eigenvalue weighted by Crippen LogP contribution is 2.39. The summed E-state index contributed by atoms with van der Waals surface area (Å²) in [6.07, 6.45) is 5.22. The van der Waals surface area contributed by atoms with E-state index in [9.17, 15) is 4.79 Å². The van der Waals surface area contributed by atoms with Crippen LogP contribution in [0, 0.1) is 0 Å². The lowest BCUT2D eigenvalue weighted by atomic mass is 10.1. The summed E-state index contributed by atoms with van der Waals surface area (Å²) in [6.45, 7) is 10.4. The fourth-order valence-corrected chi connectivity index (χ4v) is 6.03. The molecule has 196 valence electrons. The van der Waals surface area contributed by atoms with E-state index in [0.29, 0.717) is 13.2 Å². The first kappa shape index (κ1) is 25.8. The van der Waals surface area contributed by atoms with E-state index >= 15 is 0 Å². The fourth-order valence-electron chi connectivity index (χ4n) is 4.95. The van der Waals surface area contributed by atoms with E-state index in [1.165, 1.54) is 21.4 Å². The molecule has 0 unspecified atom stereocenters. The van der Waals surface area contributed by atoms with Gasteiger partial charge < -0.3 is 19.4 Å². The average molecular weight is 520 g/mol. The Labute approximate surface area is 223 Å². The van der Waals surface area contributed by atoms with E-state index in [2.05, 4.69) is 57.6 Å². The predicted molar refractivity (Wildman–Crippen MR) is 153 cm³/mol. The molecule has 0 saturated carbocycles. The van der Waals surface area contributed by atoms with Crippen molar-refractivity contribution in [1.82, 2.24) is 15.1 Å². The smallest absolute Gasteiger partial charge is 0.234 e. The van der Waals surface area contributed by atoms with E-state index in [1.54, 1.807) is 11.3 Å². The number of ether oxygens (including phenoxy) is 1. The van der Waals surface area contributed by atoms with E-state index < -0.39 is 0 Å². The van der Waals surface area contributed by atoms with Crippen molar-refractivity contribution in [3.8, 4) is 16.2 Å². The Kier molecular flexibility index (Phi) is 8.44. The maximum absolute atomic E-state index is 12.0. The van der Waals surface area contributed by atoms with Gasteiger partial charge in [0.25, 0.3) is 0 Å². The van der Waals surface area contributed by atoms with E-state index in [-0.39, 0.29) is 11.9 Å². The van der Waals surface area contributed by atoms with Gasteiger partial charge >= 0.3 is 0 Å². The number of fused-ring (bicyclic) bond motifs is 2. The number of thiophene rings is 1. The van der Waals surface area contributed by atoms with Crippen LogP contribution in [0.15, 0.2) is 59.2 Å². The molecule has 3 heterocycles. The van der Waals surface area contributed by atoms with Crippen LogP contribution in [-0.2, 0) is 4.79 Å². The van der Waals surface area contributed by atoms with Gasteiger partial charge in [-0.15, -0.1) is 11.3 Å². The van der Waals surface area contributed by atoms with Crippen LogP contribution < -0.4 is 10.1 Å². The van der Waals surface area contributed by atoms with Crippen molar-refractivity contribution < 1.29 is 13.9 Å². The summed E-state index contributed by atoms with van der Waals surface area (Å²) in [5.74, 6) is 0.994. The summed E-state index contributed by atoms with van der Waals surface area (Å²) in [6, 6.07) is 17.1. The number of nitrogens with one attached hydrogen (secondary N) is 1. The molecule has 37 heavy (non-hydrogen) atoms. The van der Waals surface area contributed by atoms with Crippen LogP contribution in [0.3, 0.4) is 0 Å². The van der Waals surface area contributed by atoms with Crippen molar-refractivity contribution in [2.75, 3.05) is 45.9 Å². The molecule has 0 atom stereocenters. The van der Waals surface area contributed by atoms with Crippen molar-refractivity contribution in [1.29, 1.82) is 0 Å². The molecule has 0 spiro atoms. The molecule has 4 aromatic rings. The second-order valence-electron chi connectivity index (χ2n) is 10.2. The summed E-state index contributed by atoms with van der Waals surface area (Å²) < 4.78 is 13.2. The Morgan fingerprint density at radius 3 is 2.65 bits per heavy atom. The van der Waals surface area contributed by atoms with Crippen LogP contribution in [0.4, 0.5) is 0 Å². The predicted octanol–water partition coefficient (Wildman–Crippen LogP) is 6.01. The molecule has 1 amide bonds. The molecule has 1 saturated heterocycles. The Balaban J connectivity index is 1.01. The third kappa shape index (κ3) is 6.72. The fraction of sp³-hybridized carbons (Fsp3) is 0.433. The Morgan fingerprint density at radius 2 is 1.84 bits per heavy atom. The van der Waals surface area contributed by atoms with Gasteiger partial charge in [0.05, 0.1) is 13.2 Å². The Bertz CT molecular complexity index is 1290. The number of nitrogens with zero attached hydrogens (tertiary/aromatic N) is 2. The minimum Gasteiger partial charge on any atom is -0.493 e. The molecule has 0 bridgehead atoms. The molecule has 5 rings (SSSR count). The third-order valence-corrected chi connectivity index (χ3v) is 8.06. The lowest BCUT2D eigenvalue weighted by Crippen LogP contribution is -2.50. The van der Waals surface area contributed by atoms with Gasteiger partial charge in [0.1, 0.15) is 17.6 Å². The zero-order valence-electron chi connectivity index (χ0n) is 21.9. The topological polar surface area (TPSA) is 58.0 Å². The molecule has 2 aromatic carbocycles. The summed E-state index contributed by atoms with van der Waals surface area (Å²) in [5, 5.41) is 5.37. The standard InChI is InChI=1S/C30H37N3O3S/c1-22(2)31-30(34)20-33-15-13-32(14-16-33)12-6-3-7-17-35-24-10-11-25-26(21-36-27(25)19-24)29-18-23-8-4-5-9-28(23)37-29/h4-5,8-11,18-19,21-22H,3,6-7,12-17,20H2,1-2H3,(H,31,34). The zero-order chi connectivity index (χ0) is 25.6. The van der Waals surface area contributed by atoms with Gasteiger partial charge in [0, 0.05) is 58.8 Å². The highest BCUT2D eigenvalue weighted by atomic mass is 32.1. The first-order chi connectivity index (χ1) is 18.0. The number of furan rings is 1. The molecule has 6 nitrogen and oxygen atoms in total. The van der Waals surface area contributed by atoms with Gasteiger partial charge in [-0.25, -0.2) is 0 Å². The first-order valence-electron chi connectivity index (χ1n) is 13.4. The molecule has 0 radical (unpaired) electrons. The zero-order valence-corrected chi connectivity index (χ0v) is 22.7. The van der Waals surface area contributed by atoms with Gasteiger partial charge in [-0.3, -0.25) is 9.69 Å². The molecule has 1 aliphatic heterocycles. The minimum absolute atomic E-state index is 0.131. The molecular formula is C30H37N3O3S. The summed E-state index contributed by atoms with van der Waals surface area (Å²) in [4.78, 5) is 17.9. The van der Waals surface area contributed by atoms with Crippen molar-refractivity contribution in [3.63, 3.8) is 0 Å². The van der Waals surface area contributed by atoms with Crippen molar-refractivity contribution >= 4 is 38.3 Å². The first-order valence-corrected chi connectivity index (χ1v) is 14.2. The normalized spacial score (nSPS) is 15.1. The number of piperazine rings is 1. The molecule has 2 aromatic heterocycles. The average Bonchev–Trinajstić information content (AvgIpc) is 3.50. The van der Waals surface area contributed by atoms with E-state index in [1.807, 2.05) is 26.2 Å². The van der Waals surface area contributed by atoms with Crippen LogP contribution in [0.5, 0.6) is 5.75 Å². The maximum Gasteiger partial charge on any atom is 0.234 e. The number of carbonyl (C=O) groups is 1. The van der Waals surface area contributed by atoms with E-state index in [0.717, 1.165) is 67.8 Å². The minimum atomic E-state index is 0.131. The number of unbranched alkanes of at least 4 members (excludes halogenated alkanes) is 2. The molecule has 1 fully saturated rings. The Hall–Kier alpha value is -2.87. The van der Waals surface area contributed by atoms with Crippen LogP contribution in [0.2, 0.25) is 0 Å². The van der Waals surface area contributed by atoms with Gasteiger partial charge in [-0.1, -0.05) is 18.2 Å². The summed E-state index contributed by atoms with van der Waals surface area (Å²) in [7, 11) is 0. The highest BCUT2D eigenvalue weighted by molar-refractivity contribution is 7.22. The van der Waals surface area contributed by atoms with Crippen molar-refractivity contribution in [3.05, 3.63) is 54.8 Å². The molecule has 1 N–H and O–H groups in total. The number of hydrogen-bond donors (Lipinski definition) is 1. The maximum atomic E-state index is 12.0. The van der Waals surface area contributed by atoms with Crippen LogP contribution in [0.25, 0.3) is 31.5 Å². The number of benzene rings is 2. The van der Waals surface area contributed by atoms with Crippen molar-refractivity contribution in [2.45, 2.75) is 39.2 Å². The third-order valence-electron chi connectivity index (χ3n) is 6.91. The number of rotatable bonds is 11. The molecule has 1 aliphatic rings. The number of carbonyl (C=O) groups excluding carboxylic acids is 1. The monoisotopic (exact) mass is 519 g/mol. The quantitative estimate of drug-likeness (QED) is 0.246. The second-order valence-corrected chi connectivity index (χ2v) is 11.3. The molecule has 7 heteroatoms. The molecule has 0 aliphatic carbocycles. The van der Waals surface area contributed by atoms with Gasteiger partial charge in [-0.05, 0) is 69.3 Å². The SMILES string of the molecule is CC(C)NC(=O)CN1CCN(CCCCCOc2ccc3c(-c4cc5ccccc5s4)coc3c2)CC1. The van der Waals surface area contributed by atoms with Crippen LogP contribution >= 0.6 is 11.3 Å². The molecular weight excluding hydrogens is 482 g/mol. The van der Waals surface area contributed by atoms with Crippen LogP contribution in [0.1, 0.15) is 33.1 Å². The van der Waals surface area contributed by atoms with Gasteiger partial charge in [0.2, 0.25) is 5.91 Å². The number of amides is 1. The van der Waals surface area contributed by atoms with Crippen molar-refractivity contribution in [2.24, 2.45) is 0 Å². The summed E-state index contributed by atoms with van der Waals surface area (Å²) >= 11 is 1.80. The number of hydrogen-bond acceptors (Lipinski definition) is 6.